The molecule has 3 nitrogen and oxygen atoms in total. The summed E-state index contributed by atoms with van der Waals surface area (Å²) >= 11 is 0. The van der Waals surface area contributed by atoms with E-state index in [1.807, 2.05) is 7.05 Å². The normalized spacial score (nSPS) is 17.4. The van der Waals surface area contributed by atoms with Crippen LogP contribution in [-0.4, -0.2) is 30.9 Å². The molecule has 1 heterocycles. The topological polar surface area (TPSA) is 32.3 Å². The number of carbonyl (C=O) groups is 1. The quantitative estimate of drug-likeness (QED) is 0.914. The summed E-state index contributed by atoms with van der Waals surface area (Å²) in [6, 6.07) is 3.54. The summed E-state index contributed by atoms with van der Waals surface area (Å²) in [6.07, 6.45) is 2.22. The molecule has 1 saturated heterocycles. The van der Waals surface area contributed by atoms with Gasteiger partial charge in [0.05, 0.1) is 0 Å². The molecule has 0 unspecified atom stereocenters. The summed E-state index contributed by atoms with van der Waals surface area (Å²) in [7, 11) is 2.05. The minimum Gasteiger partial charge on any atom is -0.321 e. The zero-order valence-electron chi connectivity index (χ0n) is 11.0. The minimum atomic E-state index is -0.739. The van der Waals surface area contributed by atoms with Gasteiger partial charge in [-0.2, -0.15) is 0 Å². The third-order valence-corrected chi connectivity index (χ3v) is 3.54. The van der Waals surface area contributed by atoms with Crippen LogP contribution in [0.15, 0.2) is 18.2 Å². The Morgan fingerprint density at radius 3 is 2.47 bits per heavy atom. The van der Waals surface area contributed by atoms with E-state index in [2.05, 4.69) is 10.2 Å². The summed E-state index contributed by atoms with van der Waals surface area (Å²) in [5.74, 6) is -1.50. The summed E-state index contributed by atoms with van der Waals surface area (Å²) < 4.78 is 26.8. The Balaban J connectivity index is 1.91. The number of amides is 1. The van der Waals surface area contributed by atoms with Crippen molar-refractivity contribution in [2.24, 2.45) is 5.92 Å². The van der Waals surface area contributed by atoms with Crippen LogP contribution >= 0.6 is 0 Å². The van der Waals surface area contributed by atoms with Crippen LogP contribution < -0.4 is 5.32 Å². The molecule has 0 aliphatic carbocycles. The molecule has 19 heavy (non-hydrogen) atoms. The highest BCUT2D eigenvalue weighted by atomic mass is 19.1. The van der Waals surface area contributed by atoms with Crippen LogP contribution in [0.1, 0.15) is 19.3 Å². The monoisotopic (exact) mass is 268 g/mol. The van der Waals surface area contributed by atoms with E-state index >= 15 is 0 Å². The third kappa shape index (κ3) is 3.73. The first-order chi connectivity index (χ1) is 9.06. The van der Waals surface area contributed by atoms with Gasteiger partial charge in [0.25, 0.3) is 0 Å². The molecule has 0 bridgehead atoms. The molecule has 1 N–H and O–H groups in total. The van der Waals surface area contributed by atoms with Gasteiger partial charge in [-0.3, -0.25) is 4.79 Å². The van der Waals surface area contributed by atoms with Gasteiger partial charge in [0.15, 0.2) is 0 Å². The van der Waals surface area contributed by atoms with Gasteiger partial charge in [-0.25, -0.2) is 8.78 Å². The number of benzene rings is 1. The molecule has 0 atom stereocenters. The van der Waals surface area contributed by atoms with Crippen molar-refractivity contribution in [3.8, 4) is 0 Å². The molecule has 2 rings (SSSR count). The Kier molecular flexibility index (Phi) is 4.47. The lowest BCUT2D eigenvalue weighted by Gasteiger charge is -2.28. The Labute approximate surface area is 111 Å². The highest BCUT2D eigenvalue weighted by Gasteiger charge is 2.20. The average molecular weight is 268 g/mol. The SMILES string of the molecule is CN1CCC(CC(=O)Nc2c(F)cccc2F)CC1. The highest BCUT2D eigenvalue weighted by molar-refractivity contribution is 5.91. The van der Waals surface area contributed by atoms with Crippen molar-refractivity contribution in [2.75, 3.05) is 25.5 Å². The predicted molar refractivity (Wildman–Crippen MR) is 69.8 cm³/mol. The molecule has 1 amide bonds. The summed E-state index contributed by atoms with van der Waals surface area (Å²) in [5.41, 5.74) is -0.347. The van der Waals surface area contributed by atoms with Crippen LogP contribution in [0.2, 0.25) is 0 Å². The molecule has 1 fully saturated rings. The van der Waals surface area contributed by atoms with E-state index in [0.717, 1.165) is 38.1 Å². The van der Waals surface area contributed by atoms with E-state index in [-0.39, 0.29) is 11.6 Å². The fourth-order valence-corrected chi connectivity index (χ4v) is 2.34. The van der Waals surface area contributed by atoms with Gasteiger partial charge >= 0.3 is 0 Å². The van der Waals surface area contributed by atoms with Crippen LogP contribution in [0.5, 0.6) is 0 Å². The van der Waals surface area contributed by atoms with Crippen molar-refractivity contribution >= 4 is 11.6 Å². The second kappa shape index (κ2) is 6.10. The van der Waals surface area contributed by atoms with E-state index in [4.69, 9.17) is 0 Å². The molecule has 0 radical (unpaired) electrons. The maximum absolute atomic E-state index is 13.4. The zero-order valence-corrected chi connectivity index (χ0v) is 11.0. The number of hydrogen-bond acceptors (Lipinski definition) is 2. The van der Waals surface area contributed by atoms with Crippen LogP contribution in [0.25, 0.3) is 0 Å². The van der Waals surface area contributed by atoms with Crippen molar-refractivity contribution < 1.29 is 13.6 Å². The molecule has 1 aliphatic heterocycles. The number of halogens is 2. The average Bonchev–Trinajstić information content (AvgIpc) is 2.37. The predicted octanol–water partition coefficient (Wildman–Crippen LogP) is 2.64. The maximum Gasteiger partial charge on any atom is 0.224 e. The van der Waals surface area contributed by atoms with E-state index in [1.165, 1.54) is 6.07 Å². The molecule has 0 saturated carbocycles. The van der Waals surface area contributed by atoms with Gasteiger partial charge in [-0.1, -0.05) is 6.07 Å². The number of anilines is 1. The van der Waals surface area contributed by atoms with E-state index in [1.54, 1.807) is 0 Å². The van der Waals surface area contributed by atoms with Crippen molar-refractivity contribution in [1.82, 2.24) is 4.90 Å². The van der Waals surface area contributed by atoms with E-state index < -0.39 is 11.6 Å². The standard InChI is InChI=1S/C14H18F2N2O/c1-18-7-5-10(6-8-18)9-13(19)17-14-11(15)3-2-4-12(14)16/h2-4,10H,5-9H2,1H3,(H,17,19). The first-order valence-electron chi connectivity index (χ1n) is 6.48. The van der Waals surface area contributed by atoms with Gasteiger partial charge in [0, 0.05) is 6.42 Å². The second-order valence-electron chi connectivity index (χ2n) is 5.10. The smallest absolute Gasteiger partial charge is 0.224 e. The number of likely N-dealkylation sites (tertiary alicyclic amines) is 1. The molecule has 104 valence electrons. The van der Waals surface area contributed by atoms with Crippen LogP contribution in [0.4, 0.5) is 14.5 Å². The molecule has 1 aliphatic rings. The van der Waals surface area contributed by atoms with Crippen LogP contribution in [0, 0.1) is 17.6 Å². The van der Waals surface area contributed by atoms with E-state index in [9.17, 15) is 13.6 Å². The molecule has 1 aromatic rings. The Morgan fingerprint density at radius 1 is 1.32 bits per heavy atom. The van der Waals surface area contributed by atoms with Gasteiger partial charge in [-0.15, -0.1) is 0 Å². The van der Waals surface area contributed by atoms with Gasteiger partial charge < -0.3 is 10.2 Å². The van der Waals surface area contributed by atoms with Crippen LogP contribution in [-0.2, 0) is 4.79 Å². The van der Waals surface area contributed by atoms with Gasteiger partial charge in [0.2, 0.25) is 5.91 Å². The largest absolute Gasteiger partial charge is 0.321 e. The Hall–Kier alpha value is -1.49. The van der Waals surface area contributed by atoms with Crippen molar-refractivity contribution in [3.63, 3.8) is 0 Å². The number of piperidine rings is 1. The van der Waals surface area contributed by atoms with Crippen molar-refractivity contribution in [3.05, 3.63) is 29.8 Å². The van der Waals surface area contributed by atoms with Crippen LogP contribution in [0.3, 0.4) is 0 Å². The second-order valence-corrected chi connectivity index (χ2v) is 5.10. The number of nitrogens with one attached hydrogen (secondary N) is 1. The number of hydrogen-bond donors (Lipinski definition) is 1. The van der Waals surface area contributed by atoms with Crippen molar-refractivity contribution in [2.45, 2.75) is 19.3 Å². The lowest BCUT2D eigenvalue weighted by Crippen LogP contribution is -2.32. The summed E-state index contributed by atoms with van der Waals surface area (Å²) in [6.45, 7) is 1.93. The molecular weight excluding hydrogens is 250 g/mol. The molecule has 0 aromatic heterocycles. The Morgan fingerprint density at radius 2 is 1.89 bits per heavy atom. The molecular formula is C14H18F2N2O. The fraction of sp³-hybridized carbons (Fsp3) is 0.500. The van der Waals surface area contributed by atoms with Gasteiger partial charge in [-0.05, 0) is 51.0 Å². The number of para-hydroxylation sites is 1. The maximum atomic E-state index is 13.4. The summed E-state index contributed by atoms with van der Waals surface area (Å²) in [4.78, 5) is 14.0. The first-order valence-corrected chi connectivity index (χ1v) is 6.48. The lowest BCUT2D eigenvalue weighted by atomic mass is 9.93. The molecule has 1 aromatic carbocycles. The number of carbonyl (C=O) groups excluding carboxylic acids is 1. The highest BCUT2D eigenvalue weighted by Crippen LogP contribution is 2.22. The molecule has 0 spiro atoms. The fourth-order valence-electron chi connectivity index (χ4n) is 2.34. The molecule has 5 heteroatoms. The first kappa shape index (κ1) is 13.9. The lowest BCUT2D eigenvalue weighted by molar-refractivity contribution is -0.117. The number of nitrogens with zero attached hydrogens (tertiary/aromatic N) is 1. The number of rotatable bonds is 3. The van der Waals surface area contributed by atoms with E-state index in [0.29, 0.717) is 12.3 Å². The van der Waals surface area contributed by atoms with Gasteiger partial charge in [0.1, 0.15) is 17.3 Å². The summed E-state index contributed by atoms with van der Waals surface area (Å²) in [5, 5.41) is 2.33. The van der Waals surface area contributed by atoms with Crippen molar-refractivity contribution in [1.29, 1.82) is 0 Å². The zero-order chi connectivity index (χ0) is 13.8. The minimum absolute atomic E-state index is 0.297. The Bertz CT molecular complexity index is 437. The third-order valence-electron chi connectivity index (χ3n) is 3.54.